The highest BCUT2D eigenvalue weighted by atomic mass is 79.9. The number of carboxylic acid groups (broad SMARTS) is 1. The van der Waals surface area contributed by atoms with E-state index in [1.807, 2.05) is 11.4 Å². The van der Waals surface area contributed by atoms with Crippen LogP contribution in [-0.4, -0.2) is 22.9 Å². The Bertz CT molecular complexity index is 401. The van der Waals surface area contributed by atoms with Crippen LogP contribution in [0.2, 0.25) is 0 Å². The Morgan fingerprint density at radius 3 is 3.07 bits per heavy atom. The van der Waals surface area contributed by atoms with Crippen LogP contribution in [0.5, 0.6) is 0 Å². The summed E-state index contributed by atoms with van der Waals surface area (Å²) in [7, 11) is 0. The number of hydrogen-bond donors (Lipinski definition) is 1. The van der Waals surface area contributed by atoms with Gasteiger partial charge in [0.05, 0.1) is 4.88 Å². The maximum atomic E-state index is 10.6. The number of rotatable bonds is 2. The van der Waals surface area contributed by atoms with Crippen molar-refractivity contribution in [2.24, 2.45) is 5.16 Å². The van der Waals surface area contributed by atoms with Gasteiger partial charge in [0.25, 0.3) is 0 Å². The van der Waals surface area contributed by atoms with E-state index in [4.69, 9.17) is 9.94 Å². The number of nitrogens with zero attached hydrogens (tertiary/aromatic N) is 1. The molecule has 1 aromatic rings. The van der Waals surface area contributed by atoms with Crippen LogP contribution in [0.1, 0.15) is 11.3 Å². The van der Waals surface area contributed by atoms with Crippen molar-refractivity contribution in [3.63, 3.8) is 0 Å². The molecule has 0 saturated heterocycles. The summed E-state index contributed by atoms with van der Waals surface area (Å²) < 4.78 is 0.927. The molecule has 1 aliphatic rings. The SMILES string of the molecule is O=C(O)C1CC(c2sccc2Br)=NO1. The molecule has 74 valence electrons. The van der Waals surface area contributed by atoms with Crippen LogP contribution < -0.4 is 0 Å². The van der Waals surface area contributed by atoms with Gasteiger partial charge in [0.15, 0.2) is 0 Å². The lowest BCUT2D eigenvalue weighted by Gasteiger charge is -1.98. The molecule has 0 aromatic carbocycles. The zero-order valence-electron chi connectivity index (χ0n) is 6.94. The fourth-order valence-corrected chi connectivity index (χ4v) is 2.74. The first-order chi connectivity index (χ1) is 6.68. The van der Waals surface area contributed by atoms with Crippen LogP contribution in [0.25, 0.3) is 0 Å². The van der Waals surface area contributed by atoms with Gasteiger partial charge in [-0.15, -0.1) is 11.3 Å². The van der Waals surface area contributed by atoms with Crippen molar-refractivity contribution in [1.82, 2.24) is 0 Å². The predicted molar refractivity (Wildman–Crippen MR) is 55.7 cm³/mol. The van der Waals surface area contributed by atoms with E-state index in [2.05, 4.69) is 21.1 Å². The van der Waals surface area contributed by atoms with Crippen molar-refractivity contribution in [3.05, 3.63) is 20.8 Å². The van der Waals surface area contributed by atoms with Crippen LogP contribution in [0.15, 0.2) is 21.1 Å². The standard InChI is InChI=1S/C8H6BrNO3S/c9-4-1-2-14-7(4)5-3-6(8(11)12)13-10-5/h1-2,6H,3H2,(H,11,12). The first-order valence-corrected chi connectivity index (χ1v) is 5.54. The molecular formula is C8H6BrNO3S. The minimum absolute atomic E-state index is 0.328. The molecule has 1 N–H and O–H groups in total. The molecule has 1 aliphatic heterocycles. The molecule has 4 nitrogen and oxygen atoms in total. The van der Waals surface area contributed by atoms with Crippen LogP contribution in [0, 0.1) is 0 Å². The number of thiophene rings is 1. The topological polar surface area (TPSA) is 58.9 Å². The Labute approximate surface area is 92.3 Å². The fraction of sp³-hybridized carbons (Fsp3) is 0.250. The summed E-state index contributed by atoms with van der Waals surface area (Å²) in [5.74, 6) is -0.976. The Morgan fingerprint density at radius 1 is 1.79 bits per heavy atom. The molecule has 14 heavy (non-hydrogen) atoms. The lowest BCUT2D eigenvalue weighted by Crippen LogP contribution is -2.19. The Morgan fingerprint density at radius 2 is 2.57 bits per heavy atom. The number of aliphatic carboxylic acids is 1. The van der Waals surface area contributed by atoms with Crippen molar-refractivity contribution in [2.45, 2.75) is 12.5 Å². The van der Waals surface area contributed by atoms with Crippen LogP contribution in [0.3, 0.4) is 0 Å². The fourth-order valence-electron chi connectivity index (χ4n) is 1.14. The van der Waals surface area contributed by atoms with Gasteiger partial charge in [0, 0.05) is 10.9 Å². The average Bonchev–Trinajstić information content (AvgIpc) is 2.71. The van der Waals surface area contributed by atoms with Gasteiger partial charge < -0.3 is 9.94 Å². The monoisotopic (exact) mass is 275 g/mol. The molecule has 0 amide bonds. The van der Waals surface area contributed by atoms with Gasteiger partial charge in [-0.3, -0.25) is 0 Å². The van der Waals surface area contributed by atoms with Crippen molar-refractivity contribution in [2.75, 3.05) is 0 Å². The van der Waals surface area contributed by atoms with Crippen molar-refractivity contribution in [3.8, 4) is 0 Å². The zero-order valence-corrected chi connectivity index (χ0v) is 9.34. The molecule has 0 radical (unpaired) electrons. The molecule has 1 aromatic heterocycles. The third-order valence-electron chi connectivity index (χ3n) is 1.82. The first kappa shape index (κ1) is 9.67. The van der Waals surface area contributed by atoms with E-state index in [-0.39, 0.29) is 0 Å². The second-order valence-corrected chi connectivity index (χ2v) is 4.54. The number of hydrogen-bond acceptors (Lipinski definition) is 4. The first-order valence-electron chi connectivity index (χ1n) is 3.87. The summed E-state index contributed by atoms with van der Waals surface area (Å²) in [6.45, 7) is 0. The molecule has 1 atom stereocenters. The Hall–Kier alpha value is -0.880. The number of carbonyl (C=O) groups is 1. The van der Waals surface area contributed by atoms with E-state index in [0.29, 0.717) is 12.1 Å². The Kier molecular flexibility index (Phi) is 2.56. The van der Waals surface area contributed by atoms with E-state index in [9.17, 15) is 4.79 Å². The predicted octanol–water partition coefficient (Wildman–Crippen LogP) is 2.09. The lowest BCUT2D eigenvalue weighted by molar-refractivity contribution is -0.148. The highest BCUT2D eigenvalue weighted by Crippen LogP contribution is 2.27. The zero-order chi connectivity index (χ0) is 10.1. The summed E-state index contributed by atoms with van der Waals surface area (Å²) in [6.07, 6.45) is -0.506. The van der Waals surface area contributed by atoms with E-state index in [1.165, 1.54) is 11.3 Å². The summed E-state index contributed by atoms with van der Waals surface area (Å²) in [5.41, 5.74) is 0.694. The highest BCUT2D eigenvalue weighted by Gasteiger charge is 2.29. The quantitative estimate of drug-likeness (QED) is 0.899. The van der Waals surface area contributed by atoms with Gasteiger partial charge in [-0.25, -0.2) is 4.79 Å². The molecular weight excluding hydrogens is 270 g/mol. The molecule has 0 fully saturated rings. The largest absolute Gasteiger partial charge is 0.478 e. The van der Waals surface area contributed by atoms with E-state index in [1.54, 1.807) is 0 Å². The van der Waals surface area contributed by atoms with Crippen LogP contribution in [0.4, 0.5) is 0 Å². The number of halogens is 1. The normalized spacial score (nSPS) is 20.4. The van der Waals surface area contributed by atoms with Gasteiger partial charge >= 0.3 is 5.97 Å². The van der Waals surface area contributed by atoms with Gasteiger partial charge in [-0.1, -0.05) is 5.16 Å². The van der Waals surface area contributed by atoms with Gasteiger partial charge in [-0.05, 0) is 27.4 Å². The lowest BCUT2D eigenvalue weighted by atomic mass is 10.1. The van der Waals surface area contributed by atoms with Crippen molar-refractivity contribution >= 4 is 38.9 Å². The Balaban J connectivity index is 2.17. The van der Waals surface area contributed by atoms with Crippen molar-refractivity contribution < 1.29 is 14.7 Å². The summed E-state index contributed by atoms with van der Waals surface area (Å²) >= 11 is 4.87. The molecule has 0 bridgehead atoms. The molecule has 0 spiro atoms. The number of carboxylic acids is 1. The van der Waals surface area contributed by atoms with Crippen molar-refractivity contribution in [1.29, 1.82) is 0 Å². The van der Waals surface area contributed by atoms with E-state index in [0.717, 1.165) is 9.35 Å². The minimum Gasteiger partial charge on any atom is -0.478 e. The third kappa shape index (κ3) is 1.67. The second-order valence-electron chi connectivity index (χ2n) is 2.77. The molecule has 0 aliphatic carbocycles. The van der Waals surface area contributed by atoms with E-state index < -0.39 is 12.1 Å². The highest BCUT2D eigenvalue weighted by molar-refractivity contribution is 9.10. The van der Waals surface area contributed by atoms with Crippen LogP contribution >= 0.6 is 27.3 Å². The number of oxime groups is 1. The molecule has 1 unspecified atom stereocenters. The summed E-state index contributed by atoms with van der Waals surface area (Å²) in [4.78, 5) is 16.3. The molecule has 0 saturated carbocycles. The maximum Gasteiger partial charge on any atom is 0.348 e. The maximum absolute atomic E-state index is 10.6. The smallest absolute Gasteiger partial charge is 0.348 e. The van der Waals surface area contributed by atoms with Gasteiger partial charge in [-0.2, -0.15) is 0 Å². The second kappa shape index (κ2) is 3.70. The summed E-state index contributed by atoms with van der Waals surface area (Å²) in [5, 5.41) is 14.4. The molecule has 2 rings (SSSR count). The van der Waals surface area contributed by atoms with E-state index >= 15 is 0 Å². The molecule has 2 heterocycles. The molecule has 6 heteroatoms. The van der Waals surface area contributed by atoms with Gasteiger partial charge in [0.2, 0.25) is 6.10 Å². The van der Waals surface area contributed by atoms with Crippen LogP contribution in [-0.2, 0) is 9.63 Å². The minimum atomic E-state index is -0.976. The average molecular weight is 276 g/mol. The summed E-state index contributed by atoms with van der Waals surface area (Å²) in [6, 6.07) is 1.90. The van der Waals surface area contributed by atoms with Gasteiger partial charge in [0.1, 0.15) is 5.71 Å². The third-order valence-corrected chi connectivity index (χ3v) is 3.71.